The van der Waals surface area contributed by atoms with Crippen LogP contribution in [0.5, 0.6) is 0 Å². The van der Waals surface area contributed by atoms with Crippen molar-refractivity contribution in [2.24, 2.45) is 0 Å². The Morgan fingerprint density at radius 2 is 2.17 bits per heavy atom. The van der Waals surface area contributed by atoms with Crippen molar-refractivity contribution in [3.05, 3.63) is 42.1 Å². The van der Waals surface area contributed by atoms with Gasteiger partial charge in [0.15, 0.2) is 0 Å². The van der Waals surface area contributed by atoms with Crippen LogP contribution in [-0.4, -0.2) is 4.05 Å². The topological polar surface area (TPSA) is 15.0 Å². The fourth-order valence-corrected chi connectivity index (χ4v) is 1.42. The molecule has 2 nitrogen and oxygen atoms in total. The normalized spacial score (nSPS) is 14.8. The third-order valence-electron chi connectivity index (χ3n) is 1.83. The highest BCUT2D eigenvalue weighted by molar-refractivity contribution is 7.44. The van der Waals surface area contributed by atoms with E-state index in [0.29, 0.717) is 0 Å². The lowest BCUT2D eigenvalue weighted by molar-refractivity contribution is -0.387. The molecule has 12 heavy (non-hydrogen) atoms. The average Bonchev–Trinajstić information content (AvgIpc) is 2.25. The fraction of sp³-hybridized carbons (Fsp3) is 0.111. The van der Waals surface area contributed by atoms with Crippen LogP contribution in [0.4, 0.5) is 5.69 Å². The minimum absolute atomic E-state index is 0.941. The minimum Gasteiger partial charge on any atom is -0.147 e. The Morgan fingerprint density at radius 3 is 3.08 bits per heavy atom. The maximum absolute atomic E-state index is 4.99. The molecule has 1 aliphatic heterocycles. The van der Waals surface area contributed by atoms with Crippen LogP contribution in [0.25, 0.3) is 0 Å². The van der Waals surface area contributed by atoms with E-state index < -0.39 is 0 Å². The van der Waals surface area contributed by atoms with Crippen molar-refractivity contribution in [3.63, 3.8) is 0 Å². The molecule has 0 spiro atoms. The lowest BCUT2D eigenvalue weighted by Gasteiger charge is -2.00. The zero-order chi connectivity index (χ0) is 8.39. The molecule has 3 heteroatoms. The number of benzene rings is 1. The number of hydrogen-bond donors (Lipinski definition) is 1. The third-order valence-corrected chi connectivity index (χ3v) is 2.04. The monoisotopic (exact) mass is 177 g/mol. The summed E-state index contributed by atoms with van der Waals surface area (Å²) in [5, 5.41) is 0. The van der Waals surface area contributed by atoms with Crippen molar-refractivity contribution in [3.8, 4) is 0 Å². The first-order valence-corrected chi connectivity index (χ1v) is 4.20. The van der Waals surface area contributed by atoms with Gasteiger partial charge in [-0.15, -0.1) is 5.43 Å². The SMILES string of the molecule is S=[N+]1C=CCc2ccccc2N1. The van der Waals surface area contributed by atoms with Crippen LogP contribution in [-0.2, 0) is 18.8 Å². The van der Waals surface area contributed by atoms with Crippen LogP contribution in [0.3, 0.4) is 0 Å². The number of para-hydroxylation sites is 1. The van der Waals surface area contributed by atoms with E-state index in [2.05, 4.69) is 11.5 Å². The first kappa shape index (κ1) is 7.43. The van der Waals surface area contributed by atoms with Crippen LogP contribution >= 0.6 is 0 Å². The van der Waals surface area contributed by atoms with Gasteiger partial charge in [-0.25, -0.2) is 0 Å². The van der Waals surface area contributed by atoms with E-state index in [1.165, 1.54) is 5.56 Å². The van der Waals surface area contributed by atoms with Crippen molar-refractivity contribution >= 4 is 18.1 Å². The van der Waals surface area contributed by atoms with E-state index in [4.69, 9.17) is 12.4 Å². The smallest absolute Gasteiger partial charge is 0.147 e. The first-order valence-electron chi connectivity index (χ1n) is 3.84. The summed E-state index contributed by atoms with van der Waals surface area (Å²) in [5.41, 5.74) is 5.46. The molecule has 0 unspecified atom stereocenters. The van der Waals surface area contributed by atoms with Crippen molar-refractivity contribution in [2.75, 3.05) is 5.43 Å². The van der Waals surface area contributed by atoms with E-state index in [0.717, 1.165) is 12.1 Å². The highest BCUT2D eigenvalue weighted by Gasteiger charge is 2.08. The molecule has 0 amide bonds. The Hall–Kier alpha value is -1.22. The maximum Gasteiger partial charge on any atom is 0.304 e. The molecule has 0 aliphatic carbocycles. The lowest BCUT2D eigenvalue weighted by Crippen LogP contribution is -2.08. The fourth-order valence-electron chi connectivity index (χ4n) is 1.24. The second kappa shape index (κ2) is 3.03. The van der Waals surface area contributed by atoms with Crippen LogP contribution in [0, 0.1) is 0 Å². The van der Waals surface area contributed by atoms with Gasteiger partial charge < -0.3 is 0 Å². The second-order valence-corrected chi connectivity index (χ2v) is 3.08. The van der Waals surface area contributed by atoms with Crippen LogP contribution in [0.15, 0.2) is 36.5 Å². The Balaban J connectivity index is 2.44. The molecular weight excluding hydrogens is 168 g/mol. The summed E-state index contributed by atoms with van der Waals surface area (Å²) >= 11 is 4.99. The van der Waals surface area contributed by atoms with Crippen molar-refractivity contribution in [1.29, 1.82) is 0 Å². The summed E-state index contributed by atoms with van der Waals surface area (Å²) in [7, 11) is 0. The number of allylic oxidation sites excluding steroid dienone is 1. The molecule has 0 saturated carbocycles. The summed E-state index contributed by atoms with van der Waals surface area (Å²) in [6.07, 6.45) is 4.84. The molecule has 1 aromatic rings. The summed E-state index contributed by atoms with van der Waals surface area (Å²) in [6, 6.07) is 8.16. The second-order valence-electron chi connectivity index (χ2n) is 2.68. The molecule has 1 aliphatic rings. The number of fused-ring (bicyclic) bond motifs is 1. The van der Waals surface area contributed by atoms with Crippen molar-refractivity contribution in [1.82, 2.24) is 0 Å². The van der Waals surface area contributed by atoms with Gasteiger partial charge in [0, 0.05) is 0 Å². The number of hydrogen-bond acceptors (Lipinski definition) is 1. The average molecular weight is 177 g/mol. The number of anilines is 1. The Bertz CT molecular complexity index is 344. The van der Waals surface area contributed by atoms with E-state index >= 15 is 0 Å². The molecule has 0 aromatic heterocycles. The van der Waals surface area contributed by atoms with E-state index in [1.54, 1.807) is 4.05 Å². The van der Waals surface area contributed by atoms with Crippen molar-refractivity contribution in [2.45, 2.75) is 6.42 Å². The molecule has 2 rings (SSSR count). The zero-order valence-electron chi connectivity index (χ0n) is 6.53. The summed E-state index contributed by atoms with van der Waals surface area (Å²) in [6.45, 7) is 0. The number of nitrogens with zero attached hydrogens (tertiary/aromatic N) is 1. The minimum atomic E-state index is 0.941. The van der Waals surface area contributed by atoms with Gasteiger partial charge in [-0.3, -0.25) is 0 Å². The maximum atomic E-state index is 4.99. The van der Waals surface area contributed by atoms with E-state index in [9.17, 15) is 0 Å². The van der Waals surface area contributed by atoms with Gasteiger partial charge in [0.1, 0.15) is 5.69 Å². The van der Waals surface area contributed by atoms with Crippen LogP contribution < -0.4 is 5.43 Å². The lowest BCUT2D eigenvalue weighted by atomic mass is 10.1. The van der Waals surface area contributed by atoms with Gasteiger partial charge in [-0.1, -0.05) is 18.2 Å². The molecule has 0 saturated heterocycles. The quantitative estimate of drug-likeness (QED) is 0.608. The Kier molecular flexibility index (Phi) is 1.87. The molecular formula is C9H9N2S+. The standard InChI is InChI=1S/C9H9N2S/c12-11-7-3-5-8-4-1-2-6-9(8)10-11/h1-4,6-7H,5H2,(H,10,12)/q+1. The molecule has 60 valence electrons. The molecule has 0 atom stereocenters. The van der Waals surface area contributed by atoms with Gasteiger partial charge in [0.05, 0.1) is 0 Å². The molecule has 1 N–H and O–H groups in total. The molecule has 1 aromatic carbocycles. The van der Waals surface area contributed by atoms with Gasteiger partial charge in [-0.2, -0.15) is 0 Å². The summed E-state index contributed by atoms with van der Waals surface area (Å²) < 4.78 is 1.55. The highest BCUT2D eigenvalue weighted by Crippen LogP contribution is 2.17. The van der Waals surface area contributed by atoms with Gasteiger partial charge in [0.2, 0.25) is 6.20 Å². The first-order chi connectivity index (χ1) is 5.86. The number of hydrazine groups is 1. The van der Waals surface area contributed by atoms with E-state index in [-0.39, 0.29) is 0 Å². The van der Waals surface area contributed by atoms with E-state index in [1.807, 2.05) is 30.5 Å². The largest absolute Gasteiger partial charge is 0.304 e. The summed E-state index contributed by atoms with van der Waals surface area (Å²) in [4.78, 5) is 0. The van der Waals surface area contributed by atoms with Gasteiger partial charge >= 0.3 is 12.4 Å². The summed E-state index contributed by atoms with van der Waals surface area (Å²) in [5.74, 6) is 0. The third kappa shape index (κ3) is 1.36. The highest BCUT2D eigenvalue weighted by atomic mass is 32.1. The van der Waals surface area contributed by atoms with Crippen molar-refractivity contribution < 1.29 is 4.05 Å². The molecule has 0 radical (unpaired) electrons. The predicted octanol–water partition coefficient (Wildman–Crippen LogP) is 1.83. The van der Waals surface area contributed by atoms with Crippen LogP contribution in [0.1, 0.15) is 5.56 Å². The predicted molar refractivity (Wildman–Crippen MR) is 50.5 cm³/mol. The molecule has 0 fully saturated rings. The number of rotatable bonds is 0. The number of nitrogens with one attached hydrogen (secondary N) is 1. The molecule has 0 bridgehead atoms. The Morgan fingerprint density at radius 1 is 1.33 bits per heavy atom. The Labute approximate surface area is 76.7 Å². The van der Waals surface area contributed by atoms with Gasteiger partial charge in [0.25, 0.3) is 0 Å². The molecule has 1 heterocycles. The zero-order valence-corrected chi connectivity index (χ0v) is 7.34. The van der Waals surface area contributed by atoms with Gasteiger partial charge in [-0.05, 0) is 28.2 Å². The van der Waals surface area contributed by atoms with Crippen LogP contribution in [0.2, 0.25) is 0 Å².